The molecule has 0 aliphatic rings. The van der Waals surface area contributed by atoms with Crippen LogP contribution in [0.15, 0.2) is 45.1 Å². The molecule has 2 rings (SSSR count). The lowest BCUT2D eigenvalue weighted by Crippen LogP contribution is -2.23. The molecule has 1 aromatic carbocycles. The first-order valence-electron chi connectivity index (χ1n) is 6.72. The Morgan fingerprint density at radius 2 is 1.96 bits per heavy atom. The number of nitrogens with zero attached hydrogens (tertiary/aromatic N) is 3. The summed E-state index contributed by atoms with van der Waals surface area (Å²) in [7, 11) is -2.56. The van der Waals surface area contributed by atoms with Crippen LogP contribution in [0.2, 0.25) is 0 Å². The van der Waals surface area contributed by atoms with Crippen molar-refractivity contribution in [1.29, 1.82) is 5.26 Å². The predicted molar refractivity (Wildman–Crippen MR) is 87.2 cm³/mol. The van der Waals surface area contributed by atoms with E-state index in [1.165, 1.54) is 26.1 Å². The fourth-order valence-electron chi connectivity index (χ4n) is 2.01. The molecular formula is C15H14N4O4S. The number of hydrogen-bond acceptors (Lipinski definition) is 6. The van der Waals surface area contributed by atoms with E-state index >= 15 is 0 Å². The first-order chi connectivity index (χ1) is 11.3. The monoisotopic (exact) mass is 346 g/mol. The fraction of sp³-hybridized carbons (Fsp3) is 0.133. The Kier molecular flexibility index (Phi) is 4.71. The van der Waals surface area contributed by atoms with Crippen LogP contribution in [0.5, 0.6) is 5.88 Å². The molecule has 0 aliphatic heterocycles. The maximum atomic E-state index is 12.0. The Morgan fingerprint density at radius 3 is 2.54 bits per heavy atom. The number of nitrogens with one attached hydrogen (secondary N) is 1. The summed E-state index contributed by atoms with van der Waals surface area (Å²) in [6, 6.07) is 9.38. The number of aromatic hydroxyl groups is 1. The van der Waals surface area contributed by atoms with Gasteiger partial charge in [0, 0.05) is 7.05 Å². The second-order valence-corrected chi connectivity index (χ2v) is 6.54. The van der Waals surface area contributed by atoms with Crippen molar-refractivity contribution < 1.29 is 13.5 Å². The van der Waals surface area contributed by atoms with Gasteiger partial charge in [0.15, 0.2) is 0 Å². The Morgan fingerprint density at radius 1 is 1.33 bits per heavy atom. The van der Waals surface area contributed by atoms with Crippen LogP contribution in [-0.2, 0) is 17.1 Å². The molecule has 2 aromatic rings. The maximum Gasteiger partial charge on any atom is 0.276 e. The summed E-state index contributed by atoms with van der Waals surface area (Å²) in [5, 5.41) is 22.7. The van der Waals surface area contributed by atoms with Gasteiger partial charge in [0.2, 0.25) is 5.88 Å². The SMILES string of the molecule is Cc1c(/C=N/NS(=O)(=O)c2ccccc2)c(O)n(C)c(=O)c1C#N. The molecule has 2 N–H and O–H groups in total. The van der Waals surface area contributed by atoms with Gasteiger partial charge in [0.25, 0.3) is 15.6 Å². The van der Waals surface area contributed by atoms with Gasteiger partial charge in [-0.05, 0) is 24.6 Å². The molecule has 1 heterocycles. The molecule has 8 nitrogen and oxygen atoms in total. The molecule has 0 bridgehead atoms. The molecule has 9 heteroatoms. The molecule has 124 valence electrons. The number of hydrogen-bond donors (Lipinski definition) is 2. The smallest absolute Gasteiger partial charge is 0.276 e. The Balaban J connectivity index is 2.39. The van der Waals surface area contributed by atoms with Gasteiger partial charge >= 0.3 is 0 Å². The van der Waals surface area contributed by atoms with Gasteiger partial charge in [-0.1, -0.05) is 18.2 Å². The largest absolute Gasteiger partial charge is 0.494 e. The number of aromatic nitrogens is 1. The van der Waals surface area contributed by atoms with Crippen molar-refractivity contribution in [1.82, 2.24) is 9.40 Å². The van der Waals surface area contributed by atoms with E-state index in [1.54, 1.807) is 24.3 Å². The Bertz CT molecular complexity index is 1000. The van der Waals surface area contributed by atoms with E-state index in [0.29, 0.717) is 0 Å². The van der Waals surface area contributed by atoms with Gasteiger partial charge in [-0.15, -0.1) is 0 Å². The summed E-state index contributed by atoms with van der Waals surface area (Å²) < 4.78 is 25.0. The maximum absolute atomic E-state index is 12.0. The van der Waals surface area contributed by atoms with E-state index in [1.807, 2.05) is 4.83 Å². The van der Waals surface area contributed by atoms with Crippen LogP contribution in [0.25, 0.3) is 0 Å². The van der Waals surface area contributed by atoms with Crippen LogP contribution in [0.1, 0.15) is 16.7 Å². The molecule has 0 fully saturated rings. The highest BCUT2D eigenvalue weighted by Crippen LogP contribution is 2.18. The van der Waals surface area contributed by atoms with E-state index in [2.05, 4.69) is 5.10 Å². The molecule has 0 spiro atoms. The summed E-state index contributed by atoms with van der Waals surface area (Å²) in [6.07, 6.45) is 1.05. The van der Waals surface area contributed by atoms with Gasteiger partial charge < -0.3 is 5.11 Å². The van der Waals surface area contributed by atoms with Crippen LogP contribution in [0.3, 0.4) is 0 Å². The zero-order chi connectivity index (χ0) is 17.9. The highest BCUT2D eigenvalue weighted by atomic mass is 32.2. The quantitative estimate of drug-likeness (QED) is 0.619. The highest BCUT2D eigenvalue weighted by Gasteiger charge is 2.16. The number of sulfonamides is 1. The zero-order valence-electron chi connectivity index (χ0n) is 12.9. The molecule has 0 amide bonds. The van der Waals surface area contributed by atoms with Gasteiger partial charge in [0.05, 0.1) is 16.7 Å². The van der Waals surface area contributed by atoms with Gasteiger partial charge in [-0.3, -0.25) is 9.36 Å². The van der Waals surface area contributed by atoms with Crippen molar-refractivity contribution in [3.8, 4) is 11.9 Å². The molecular weight excluding hydrogens is 332 g/mol. The van der Waals surface area contributed by atoms with Crippen molar-refractivity contribution in [2.75, 3.05) is 0 Å². The number of pyridine rings is 1. The van der Waals surface area contributed by atoms with Gasteiger partial charge in [-0.2, -0.15) is 18.8 Å². The van der Waals surface area contributed by atoms with Crippen LogP contribution in [0, 0.1) is 18.3 Å². The van der Waals surface area contributed by atoms with Gasteiger partial charge in [0.1, 0.15) is 11.6 Å². The first-order valence-corrected chi connectivity index (χ1v) is 8.20. The lowest BCUT2D eigenvalue weighted by Gasteiger charge is -2.10. The van der Waals surface area contributed by atoms with Crippen LogP contribution >= 0.6 is 0 Å². The van der Waals surface area contributed by atoms with Crippen molar-refractivity contribution in [3.05, 3.63) is 57.4 Å². The van der Waals surface area contributed by atoms with Crippen LogP contribution in [0.4, 0.5) is 0 Å². The second-order valence-electron chi connectivity index (χ2n) is 4.88. The zero-order valence-corrected chi connectivity index (χ0v) is 13.7. The minimum Gasteiger partial charge on any atom is -0.494 e. The summed E-state index contributed by atoms with van der Waals surface area (Å²) in [4.78, 5) is 13.9. The number of nitriles is 1. The molecule has 24 heavy (non-hydrogen) atoms. The Hall–Kier alpha value is -3.12. The number of benzene rings is 1. The second kappa shape index (κ2) is 6.55. The molecule has 0 unspecified atom stereocenters. The van der Waals surface area contributed by atoms with Crippen molar-refractivity contribution in [3.63, 3.8) is 0 Å². The first kappa shape index (κ1) is 17.2. The minimum absolute atomic E-state index is 0.0290. The van der Waals surface area contributed by atoms with E-state index in [-0.39, 0.29) is 21.6 Å². The number of hydrazone groups is 1. The molecule has 0 radical (unpaired) electrons. The van der Waals surface area contributed by atoms with E-state index in [4.69, 9.17) is 5.26 Å². The standard InChI is InChI=1S/C15H14N4O4S/c1-10-12(8-16)14(20)19(2)15(21)13(10)9-17-18-24(22,23)11-6-4-3-5-7-11/h3-7,9,18,21H,1-2H3/b17-9+. The lowest BCUT2D eigenvalue weighted by molar-refractivity contribution is 0.421. The Labute approximate surface area is 138 Å². The lowest BCUT2D eigenvalue weighted by atomic mass is 10.1. The van der Waals surface area contributed by atoms with Gasteiger partial charge in [-0.25, -0.2) is 4.83 Å². The molecule has 0 saturated heterocycles. The average molecular weight is 346 g/mol. The summed E-state index contributed by atoms with van der Waals surface area (Å²) >= 11 is 0. The topological polar surface area (TPSA) is 125 Å². The van der Waals surface area contributed by atoms with Crippen molar-refractivity contribution in [2.24, 2.45) is 12.1 Å². The molecule has 1 aromatic heterocycles. The number of rotatable bonds is 4. The predicted octanol–water partition coefficient (Wildman–Crippen LogP) is 0.583. The molecule has 0 atom stereocenters. The third kappa shape index (κ3) is 3.13. The summed E-state index contributed by atoms with van der Waals surface area (Å²) in [6.45, 7) is 1.47. The summed E-state index contributed by atoms with van der Waals surface area (Å²) in [5.74, 6) is -0.417. The highest BCUT2D eigenvalue weighted by molar-refractivity contribution is 7.89. The van der Waals surface area contributed by atoms with E-state index in [9.17, 15) is 18.3 Å². The third-order valence-corrected chi connectivity index (χ3v) is 4.63. The van der Waals surface area contributed by atoms with E-state index < -0.39 is 21.5 Å². The third-order valence-electron chi connectivity index (χ3n) is 3.39. The molecule has 0 saturated carbocycles. The summed E-state index contributed by atoms with van der Waals surface area (Å²) in [5.41, 5.74) is -0.512. The van der Waals surface area contributed by atoms with Crippen molar-refractivity contribution in [2.45, 2.75) is 11.8 Å². The molecule has 0 aliphatic carbocycles. The van der Waals surface area contributed by atoms with E-state index in [0.717, 1.165) is 10.8 Å². The normalized spacial score (nSPS) is 11.4. The fourth-order valence-corrected chi connectivity index (χ4v) is 2.82. The minimum atomic E-state index is -3.85. The van der Waals surface area contributed by atoms with Crippen LogP contribution < -0.4 is 10.4 Å². The van der Waals surface area contributed by atoms with Crippen LogP contribution in [-0.4, -0.2) is 24.3 Å². The van der Waals surface area contributed by atoms with Crippen molar-refractivity contribution >= 4 is 16.2 Å². The average Bonchev–Trinajstić information content (AvgIpc) is 2.57.